The Hall–Kier alpha value is -0.900. The van der Waals surface area contributed by atoms with E-state index in [1.807, 2.05) is 0 Å². The lowest BCUT2D eigenvalue weighted by Gasteiger charge is -1.97. The molecule has 0 heterocycles. The minimum atomic E-state index is -4.63. The summed E-state index contributed by atoms with van der Waals surface area (Å²) in [5, 5.41) is 4.58. The third kappa shape index (κ3) is 59.9. The first-order valence-corrected chi connectivity index (χ1v) is 3.10. The van der Waals surface area contributed by atoms with Crippen LogP contribution in [-0.2, 0) is 14.7 Å². The molecule has 0 aliphatic carbocycles. The number of rotatable bonds is 1. The molecule has 8 N–H and O–H groups in total. The zero-order valence-electron chi connectivity index (χ0n) is 4.85. The highest BCUT2D eigenvalue weighted by atomic mass is 32.3. The molecule has 8 nitrogen and oxygen atoms in total. The van der Waals surface area contributed by atoms with Crippen LogP contribution < -0.4 is 22.8 Å². The summed E-state index contributed by atoms with van der Waals surface area (Å²) in [6, 6.07) is 0. The molecule has 0 aromatic carbocycles. The Morgan fingerprint density at radius 1 is 1.50 bits per heavy atom. The topological polar surface area (TPSA) is 170 Å². The smallest absolute Gasteiger partial charge is 0.336 e. The molecule has 10 heavy (non-hydrogen) atoms. The molecule has 0 aliphatic heterocycles. The van der Waals surface area contributed by atoms with Crippen LogP contribution in [0.15, 0.2) is 0 Å². The second-order valence-corrected chi connectivity index (χ2v) is 2.01. The van der Waals surface area contributed by atoms with Crippen LogP contribution in [0.3, 0.4) is 0 Å². The molecule has 0 spiro atoms. The minimum Gasteiger partial charge on any atom is -0.724 e. The van der Waals surface area contributed by atoms with E-state index in [1.54, 1.807) is 0 Å². The van der Waals surface area contributed by atoms with Gasteiger partial charge in [-0.1, -0.05) is 0 Å². The lowest BCUT2D eigenvalue weighted by Crippen LogP contribution is -2.51. The van der Waals surface area contributed by atoms with Gasteiger partial charge in [0.15, 0.2) is 0 Å². The van der Waals surface area contributed by atoms with Crippen LogP contribution in [0.25, 0.3) is 0 Å². The van der Waals surface area contributed by atoms with Crippen molar-refractivity contribution in [1.29, 1.82) is 0 Å². The second kappa shape index (κ2) is 4.93. The maximum absolute atomic E-state index is 9.10. The molecule has 0 saturated heterocycles. The van der Waals surface area contributed by atoms with Gasteiger partial charge >= 0.3 is 5.96 Å². The standard InChI is InChI=1S/CH5N3.H3NO4S/c2-1(3)4;1-5-6(2,3)4/h(H5,2,3,4);1H2,(H,2,3,4). The fraction of sp³-hybridized carbons (Fsp3) is 0. The highest BCUT2D eigenvalue weighted by Crippen LogP contribution is 1.70. The quantitative estimate of drug-likeness (QED) is 0.101. The molecule has 0 aliphatic rings. The summed E-state index contributed by atoms with van der Waals surface area (Å²) in [5.41, 5.74) is 9.17. The predicted molar refractivity (Wildman–Crippen MR) is 30.3 cm³/mol. The Morgan fingerprint density at radius 2 is 1.60 bits per heavy atom. The summed E-state index contributed by atoms with van der Waals surface area (Å²) in [7, 11) is -4.63. The van der Waals surface area contributed by atoms with Crippen LogP contribution >= 0.6 is 0 Å². The van der Waals surface area contributed by atoms with Crippen LogP contribution in [0.2, 0.25) is 0 Å². The maximum atomic E-state index is 9.10. The van der Waals surface area contributed by atoms with Gasteiger partial charge in [-0.3, -0.25) is 16.9 Å². The molecule has 0 rings (SSSR count). The molecule has 0 bridgehead atoms. The van der Waals surface area contributed by atoms with Gasteiger partial charge in [0.1, 0.15) is 0 Å². The van der Waals surface area contributed by atoms with Gasteiger partial charge in [0.2, 0.25) is 10.4 Å². The number of guanidine groups is 1. The van der Waals surface area contributed by atoms with Crippen molar-refractivity contribution in [1.82, 2.24) is 0 Å². The average Bonchev–Trinajstić information content (AvgIpc) is 1.63. The normalized spacial score (nSPS) is 9.40. The lowest BCUT2D eigenvalue weighted by atomic mass is 11.1. The Labute approximate surface area is 57.4 Å². The van der Waals surface area contributed by atoms with E-state index in [4.69, 9.17) is 13.0 Å². The molecule has 0 amide bonds. The van der Waals surface area contributed by atoms with Gasteiger partial charge in [0.25, 0.3) is 0 Å². The Bertz CT molecular complexity index is 179. The minimum absolute atomic E-state index is 0.0833. The van der Waals surface area contributed by atoms with Gasteiger partial charge in [0, 0.05) is 0 Å². The Morgan fingerprint density at radius 3 is 1.60 bits per heavy atom. The third-order valence-electron chi connectivity index (χ3n) is 0.118. The molecule has 0 fully saturated rings. The zero-order valence-corrected chi connectivity index (χ0v) is 5.67. The van der Waals surface area contributed by atoms with Crippen molar-refractivity contribution >= 4 is 16.4 Å². The van der Waals surface area contributed by atoms with Crippen molar-refractivity contribution in [3.8, 4) is 0 Å². The molecule has 0 atom stereocenters. The zero-order chi connectivity index (χ0) is 8.78. The Balaban J connectivity index is 0. The van der Waals surface area contributed by atoms with Gasteiger partial charge in [-0.05, 0) is 0 Å². The fourth-order valence-electron chi connectivity index (χ4n) is 0. The van der Waals surface area contributed by atoms with Gasteiger partial charge < -0.3 is 4.55 Å². The summed E-state index contributed by atoms with van der Waals surface area (Å²) in [5.74, 6) is 3.82. The molecule has 62 valence electrons. The maximum Gasteiger partial charge on any atom is 0.336 e. The summed E-state index contributed by atoms with van der Waals surface area (Å²) >= 11 is 0. The molecule has 0 saturated carbocycles. The van der Waals surface area contributed by atoms with E-state index in [1.165, 1.54) is 0 Å². The lowest BCUT2D eigenvalue weighted by molar-refractivity contribution is -0.116. The molecule has 0 aromatic heterocycles. The third-order valence-corrected chi connectivity index (χ3v) is 0.354. The first kappa shape index (κ1) is 11.8. The SMILES string of the molecule is NC(N)=[NH2+].NOS(=O)(=O)[O-]. The van der Waals surface area contributed by atoms with Crippen molar-refractivity contribution in [3.63, 3.8) is 0 Å². The number of hydrogen-bond acceptors (Lipinski definition) is 5. The number of nitrogens with two attached hydrogens (primary N) is 4. The van der Waals surface area contributed by atoms with Crippen molar-refractivity contribution in [2.45, 2.75) is 0 Å². The van der Waals surface area contributed by atoms with Crippen molar-refractivity contribution in [2.75, 3.05) is 0 Å². The van der Waals surface area contributed by atoms with Crippen LogP contribution in [0.5, 0.6) is 0 Å². The van der Waals surface area contributed by atoms with Gasteiger partial charge in [0.05, 0.1) is 0 Å². The monoisotopic (exact) mass is 172 g/mol. The average molecular weight is 172 g/mol. The van der Waals surface area contributed by atoms with E-state index in [0.29, 0.717) is 0 Å². The second-order valence-electron chi connectivity index (χ2n) is 1.00. The van der Waals surface area contributed by atoms with Crippen LogP contribution in [0.4, 0.5) is 0 Å². The highest BCUT2D eigenvalue weighted by molar-refractivity contribution is 7.80. The van der Waals surface area contributed by atoms with Crippen molar-refractivity contribution in [3.05, 3.63) is 0 Å². The van der Waals surface area contributed by atoms with E-state index in [2.05, 4.69) is 27.1 Å². The van der Waals surface area contributed by atoms with E-state index in [0.717, 1.165) is 0 Å². The first-order valence-electron chi connectivity index (χ1n) is 1.77. The first-order chi connectivity index (χ1) is 4.29. The van der Waals surface area contributed by atoms with Crippen molar-refractivity contribution in [2.24, 2.45) is 17.4 Å². The molecule has 0 aromatic rings. The fourth-order valence-corrected chi connectivity index (χ4v) is 0. The molecule has 9 heteroatoms. The van der Waals surface area contributed by atoms with Crippen LogP contribution in [0.1, 0.15) is 0 Å². The summed E-state index contributed by atoms with van der Waals surface area (Å²) in [6.07, 6.45) is 0. The largest absolute Gasteiger partial charge is 0.724 e. The van der Waals surface area contributed by atoms with Gasteiger partial charge in [-0.15, -0.1) is 0 Å². The molecule has 0 radical (unpaired) electrons. The molecular weight excluding hydrogens is 164 g/mol. The predicted octanol–water partition coefficient (Wildman–Crippen LogP) is -4.64. The highest BCUT2D eigenvalue weighted by Gasteiger charge is 1.80. The number of hydrogen-bond donors (Lipinski definition) is 4. The van der Waals surface area contributed by atoms with Crippen molar-refractivity contribution < 1.29 is 22.7 Å². The van der Waals surface area contributed by atoms with E-state index in [-0.39, 0.29) is 5.96 Å². The molecular formula is CH8N4O4S. The van der Waals surface area contributed by atoms with Crippen LogP contribution in [-0.4, -0.2) is 18.9 Å². The van der Waals surface area contributed by atoms with Gasteiger partial charge in [-0.2, -0.15) is 10.2 Å². The summed E-state index contributed by atoms with van der Waals surface area (Å²) in [4.78, 5) is 0. The van der Waals surface area contributed by atoms with Crippen LogP contribution in [0, 0.1) is 0 Å². The Kier molecular flexibility index (Phi) is 5.84. The van der Waals surface area contributed by atoms with E-state index < -0.39 is 10.4 Å². The summed E-state index contributed by atoms with van der Waals surface area (Å²) in [6.45, 7) is 0. The molecule has 0 unspecified atom stereocenters. The van der Waals surface area contributed by atoms with Gasteiger partial charge in [-0.25, -0.2) is 8.42 Å². The van der Waals surface area contributed by atoms with E-state index >= 15 is 0 Å². The summed E-state index contributed by atoms with van der Waals surface area (Å²) < 4.78 is 30.1. The van der Waals surface area contributed by atoms with E-state index in [9.17, 15) is 0 Å².